The summed E-state index contributed by atoms with van der Waals surface area (Å²) in [7, 11) is 0. The number of aromatic nitrogens is 3. The van der Waals surface area contributed by atoms with Gasteiger partial charge in [-0.15, -0.1) is 0 Å². The molecule has 108 valence electrons. The quantitative estimate of drug-likeness (QED) is 0.856. The predicted octanol–water partition coefficient (Wildman–Crippen LogP) is 3.56. The van der Waals surface area contributed by atoms with Crippen molar-refractivity contribution in [2.75, 3.05) is 6.54 Å². The van der Waals surface area contributed by atoms with Gasteiger partial charge in [-0.25, -0.2) is 9.97 Å². The van der Waals surface area contributed by atoms with E-state index in [2.05, 4.69) is 48.2 Å². The fourth-order valence-corrected chi connectivity index (χ4v) is 3.30. The number of hydrogen-bond acceptors (Lipinski definition) is 3. The van der Waals surface area contributed by atoms with Gasteiger partial charge in [0.1, 0.15) is 11.3 Å². The lowest BCUT2D eigenvalue weighted by Crippen LogP contribution is -2.34. The van der Waals surface area contributed by atoms with E-state index in [1.807, 2.05) is 12.3 Å². The van der Waals surface area contributed by atoms with Gasteiger partial charge in [-0.3, -0.25) is 9.47 Å². The lowest BCUT2D eigenvalue weighted by Gasteiger charge is -2.30. The number of pyridine rings is 1. The van der Waals surface area contributed by atoms with Gasteiger partial charge >= 0.3 is 0 Å². The van der Waals surface area contributed by atoms with E-state index in [0.29, 0.717) is 18.1 Å². The molecular weight excluding hydrogens is 248 g/mol. The summed E-state index contributed by atoms with van der Waals surface area (Å²) in [6.07, 6.45) is 4.74. The van der Waals surface area contributed by atoms with E-state index in [1.165, 1.54) is 19.4 Å². The zero-order valence-electron chi connectivity index (χ0n) is 12.9. The molecule has 1 aliphatic rings. The van der Waals surface area contributed by atoms with Gasteiger partial charge in [-0.2, -0.15) is 0 Å². The van der Waals surface area contributed by atoms with Gasteiger partial charge in [0.25, 0.3) is 0 Å². The Morgan fingerprint density at radius 2 is 2.05 bits per heavy atom. The highest BCUT2D eigenvalue weighted by Crippen LogP contribution is 2.34. The molecule has 4 nitrogen and oxygen atoms in total. The number of hydrogen-bond donors (Lipinski definition) is 0. The molecule has 0 aliphatic carbocycles. The minimum absolute atomic E-state index is 0.410. The highest BCUT2D eigenvalue weighted by Gasteiger charge is 2.31. The average molecular weight is 272 g/mol. The van der Waals surface area contributed by atoms with Crippen molar-refractivity contribution in [1.82, 2.24) is 19.4 Å². The number of imidazole rings is 1. The fraction of sp³-hybridized carbons (Fsp3) is 0.625. The maximum absolute atomic E-state index is 4.82. The molecule has 2 aromatic heterocycles. The number of likely N-dealkylation sites (tertiary alicyclic amines) is 1. The molecule has 0 radical (unpaired) electrons. The molecule has 1 fully saturated rings. The molecule has 0 bridgehead atoms. The summed E-state index contributed by atoms with van der Waals surface area (Å²) in [5.74, 6) is 1.58. The van der Waals surface area contributed by atoms with Gasteiger partial charge in [0.2, 0.25) is 0 Å². The van der Waals surface area contributed by atoms with Crippen molar-refractivity contribution in [3.63, 3.8) is 0 Å². The first-order chi connectivity index (χ1) is 9.59. The molecule has 0 aromatic carbocycles. The monoisotopic (exact) mass is 272 g/mol. The molecule has 1 saturated heterocycles. The maximum Gasteiger partial charge on any atom is 0.161 e. The van der Waals surface area contributed by atoms with Crippen molar-refractivity contribution in [3.05, 3.63) is 24.2 Å². The molecular formula is C16H24N4. The first-order valence-corrected chi connectivity index (χ1v) is 7.68. The van der Waals surface area contributed by atoms with E-state index in [9.17, 15) is 0 Å². The van der Waals surface area contributed by atoms with Crippen LogP contribution >= 0.6 is 0 Å². The van der Waals surface area contributed by atoms with Crippen LogP contribution in [-0.2, 0) is 0 Å². The predicted molar refractivity (Wildman–Crippen MR) is 81.7 cm³/mol. The molecule has 0 amide bonds. The zero-order chi connectivity index (χ0) is 14.3. The molecule has 4 heteroatoms. The van der Waals surface area contributed by atoms with Crippen molar-refractivity contribution < 1.29 is 0 Å². The number of rotatable bonds is 3. The van der Waals surface area contributed by atoms with Crippen LogP contribution in [0.1, 0.15) is 58.4 Å². The van der Waals surface area contributed by atoms with Gasteiger partial charge in [-0.05, 0) is 38.8 Å². The first-order valence-electron chi connectivity index (χ1n) is 7.68. The third-order valence-corrected chi connectivity index (χ3v) is 4.22. The number of fused-ring (bicyclic) bond motifs is 1. The Hall–Kier alpha value is -1.42. The largest absolute Gasteiger partial charge is 0.296 e. The Balaban J connectivity index is 2.16. The Morgan fingerprint density at radius 1 is 1.25 bits per heavy atom. The molecule has 0 N–H and O–H groups in total. The number of nitrogens with zero attached hydrogens (tertiary/aromatic N) is 4. The van der Waals surface area contributed by atoms with E-state index in [-0.39, 0.29) is 0 Å². The molecule has 3 heterocycles. The SMILES string of the molecule is CC(C)c1nc2cccnc2n1C1CCCN1C(C)C. The third-order valence-electron chi connectivity index (χ3n) is 4.22. The maximum atomic E-state index is 4.82. The lowest BCUT2D eigenvalue weighted by molar-refractivity contribution is 0.151. The first kappa shape index (κ1) is 13.6. The standard InChI is InChI=1S/C16H24N4/c1-11(2)15-18-13-7-5-9-17-16(13)20(15)14-8-6-10-19(14)12(3)4/h5,7,9,11-12,14H,6,8,10H2,1-4H3. The lowest BCUT2D eigenvalue weighted by atomic mass is 10.2. The summed E-state index contributed by atoms with van der Waals surface area (Å²) in [6.45, 7) is 10.2. The van der Waals surface area contributed by atoms with E-state index in [4.69, 9.17) is 4.98 Å². The van der Waals surface area contributed by atoms with E-state index >= 15 is 0 Å². The Bertz CT molecular complexity index is 600. The smallest absolute Gasteiger partial charge is 0.161 e. The van der Waals surface area contributed by atoms with Crippen LogP contribution in [0.2, 0.25) is 0 Å². The van der Waals surface area contributed by atoms with Crippen LogP contribution in [0.15, 0.2) is 18.3 Å². The van der Waals surface area contributed by atoms with Crippen LogP contribution in [0.25, 0.3) is 11.2 Å². The Morgan fingerprint density at radius 3 is 2.75 bits per heavy atom. The van der Waals surface area contributed by atoms with Crippen LogP contribution in [0.4, 0.5) is 0 Å². The summed E-state index contributed by atoms with van der Waals surface area (Å²) < 4.78 is 2.38. The molecule has 1 atom stereocenters. The van der Waals surface area contributed by atoms with E-state index in [1.54, 1.807) is 0 Å². The molecule has 20 heavy (non-hydrogen) atoms. The van der Waals surface area contributed by atoms with Crippen molar-refractivity contribution in [3.8, 4) is 0 Å². The molecule has 0 spiro atoms. The highest BCUT2D eigenvalue weighted by atomic mass is 15.4. The third kappa shape index (κ3) is 2.12. The van der Waals surface area contributed by atoms with Crippen LogP contribution in [0.3, 0.4) is 0 Å². The molecule has 1 aliphatic heterocycles. The van der Waals surface area contributed by atoms with Gasteiger partial charge in [0.15, 0.2) is 5.65 Å². The summed E-state index contributed by atoms with van der Waals surface area (Å²) in [4.78, 5) is 12.0. The van der Waals surface area contributed by atoms with Crippen LogP contribution < -0.4 is 0 Å². The molecule has 3 rings (SSSR count). The van der Waals surface area contributed by atoms with E-state index < -0.39 is 0 Å². The summed E-state index contributed by atoms with van der Waals surface area (Å²) in [6, 6.07) is 4.60. The molecule has 1 unspecified atom stereocenters. The topological polar surface area (TPSA) is 34.0 Å². The van der Waals surface area contributed by atoms with Crippen molar-refractivity contribution in [2.45, 2.75) is 58.7 Å². The summed E-state index contributed by atoms with van der Waals surface area (Å²) in [5.41, 5.74) is 2.06. The average Bonchev–Trinajstić information content (AvgIpc) is 3.01. The van der Waals surface area contributed by atoms with Crippen molar-refractivity contribution >= 4 is 11.2 Å². The summed E-state index contributed by atoms with van der Waals surface area (Å²) in [5, 5.41) is 0. The second-order valence-electron chi connectivity index (χ2n) is 6.30. The fourth-order valence-electron chi connectivity index (χ4n) is 3.30. The van der Waals surface area contributed by atoms with Crippen LogP contribution in [-0.4, -0.2) is 32.0 Å². The minimum atomic E-state index is 0.410. The van der Waals surface area contributed by atoms with Crippen molar-refractivity contribution in [1.29, 1.82) is 0 Å². The van der Waals surface area contributed by atoms with Crippen LogP contribution in [0, 0.1) is 0 Å². The normalized spacial score (nSPS) is 20.6. The van der Waals surface area contributed by atoms with E-state index in [0.717, 1.165) is 17.0 Å². The molecule has 2 aromatic rings. The molecule has 0 saturated carbocycles. The van der Waals surface area contributed by atoms with Crippen molar-refractivity contribution in [2.24, 2.45) is 0 Å². The van der Waals surface area contributed by atoms with Gasteiger partial charge in [0.05, 0.1) is 6.17 Å². The van der Waals surface area contributed by atoms with Crippen LogP contribution in [0.5, 0.6) is 0 Å². The summed E-state index contributed by atoms with van der Waals surface area (Å²) >= 11 is 0. The van der Waals surface area contributed by atoms with Gasteiger partial charge in [-0.1, -0.05) is 13.8 Å². The highest BCUT2D eigenvalue weighted by molar-refractivity contribution is 5.71. The van der Waals surface area contributed by atoms with Gasteiger partial charge < -0.3 is 0 Å². The Kier molecular flexibility index (Phi) is 3.50. The van der Waals surface area contributed by atoms with Gasteiger partial charge in [0, 0.05) is 24.7 Å². The Labute approximate surface area is 120 Å². The second kappa shape index (κ2) is 5.17. The minimum Gasteiger partial charge on any atom is -0.296 e. The zero-order valence-corrected chi connectivity index (χ0v) is 12.9. The second-order valence-corrected chi connectivity index (χ2v) is 6.30.